The van der Waals surface area contributed by atoms with E-state index in [0.29, 0.717) is 25.1 Å². The summed E-state index contributed by atoms with van der Waals surface area (Å²) in [5.74, 6) is 0.623. The average Bonchev–Trinajstić information content (AvgIpc) is 1.88. The second-order valence-corrected chi connectivity index (χ2v) is 1.78. The van der Waals surface area contributed by atoms with Crippen LogP contribution in [0.1, 0.15) is 6.42 Å². The maximum Gasteiger partial charge on any atom is 0.256 e. The van der Waals surface area contributed by atoms with Gasteiger partial charge in [0.1, 0.15) is 0 Å². The second kappa shape index (κ2) is 2.64. The van der Waals surface area contributed by atoms with Gasteiger partial charge >= 0.3 is 0 Å². The minimum absolute atomic E-state index is 0.530. The van der Waals surface area contributed by atoms with E-state index in [-0.39, 0.29) is 0 Å². The van der Waals surface area contributed by atoms with E-state index in [2.05, 4.69) is 6.58 Å². The highest BCUT2D eigenvalue weighted by Gasteiger charge is 2.14. The van der Waals surface area contributed by atoms with E-state index >= 15 is 0 Å². The fraction of sp³-hybridized carbons (Fsp3) is 0.500. The summed E-state index contributed by atoms with van der Waals surface area (Å²) < 4.78 is 9.70. The van der Waals surface area contributed by atoms with E-state index in [1.807, 2.05) is 0 Å². The van der Waals surface area contributed by atoms with Crippen LogP contribution in [0.4, 0.5) is 0 Å². The molecule has 1 aliphatic rings. The molecular weight excluding hydrogens is 120 g/mol. The van der Waals surface area contributed by atoms with Crippen LogP contribution in [0.5, 0.6) is 0 Å². The molecule has 1 atom stereocenters. The molecule has 0 N–H and O–H groups in total. The molecule has 0 aromatic rings. The van der Waals surface area contributed by atoms with E-state index in [1.54, 1.807) is 0 Å². The largest absolute Gasteiger partial charge is 0.463 e. The van der Waals surface area contributed by atoms with Gasteiger partial charge in [0, 0.05) is 6.42 Å². The Labute approximate surface area is 53.3 Å². The number of ether oxygens (including phenoxy) is 2. The van der Waals surface area contributed by atoms with Crippen molar-refractivity contribution in [2.24, 2.45) is 0 Å². The summed E-state index contributed by atoms with van der Waals surface area (Å²) in [6, 6.07) is 0. The molecular formula is C6H8O3. The lowest BCUT2D eigenvalue weighted by molar-refractivity contribution is -0.159. The molecule has 0 radical (unpaired) electrons. The Morgan fingerprint density at radius 2 is 2.56 bits per heavy atom. The highest BCUT2D eigenvalue weighted by molar-refractivity contribution is 5.54. The monoisotopic (exact) mass is 128 g/mol. The lowest BCUT2D eigenvalue weighted by atomic mass is 10.4. The summed E-state index contributed by atoms with van der Waals surface area (Å²) >= 11 is 0. The minimum Gasteiger partial charge on any atom is -0.463 e. The number of aldehydes is 1. The SMILES string of the molecule is C=C1CCOC(C=O)O1. The summed E-state index contributed by atoms with van der Waals surface area (Å²) in [6.07, 6.45) is 0.584. The van der Waals surface area contributed by atoms with Crippen molar-refractivity contribution in [2.75, 3.05) is 6.61 Å². The maximum absolute atomic E-state index is 10.0. The number of rotatable bonds is 1. The molecule has 50 valence electrons. The third-order valence-corrected chi connectivity index (χ3v) is 1.06. The van der Waals surface area contributed by atoms with Gasteiger partial charge in [-0.3, -0.25) is 4.79 Å². The van der Waals surface area contributed by atoms with Crippen molar-refractivity contribution < 1.29 is 14.3 Å². The van der Waals surface area contributed by atoms with Crippen LogP contribution in [0.15, 0.2) is 12.3 Å². The fourth-order valence-electron chi connectivity index (χ4n) is 0.613. The molecule has 1 heterocycles. The van der Waals surface area contributed by atoms with Gasteiger partial charge in [-0.2, -0.15) is 0 Å². The number of hydrogen-bond acceptors (Lipinski definition) is 3. The van der Waals surface area contributed by atoms with Crippen LogP contribution >= 0.6 is 0 Å². The third kappa shape index (κ3) is 1.54. The smallest absolute Gasteiger partial charge is 0.256 e. The van der Waals surface area contributed by atoms with Crippen molar-refractivity contribution in [2.45, 2.75) is 12.7 Å². The fourth-order valence-corrected chi connectivity index (χ4v) is 0.613. The summed E-state index contributed by atoms with van der Waals surface area (Å²) in [4.78, 5) is 10.0. The predicted octanol–water partition coefficient (Wildman–Crippen LogP) is 0.462. The summed E-state index contributed by atoms with van der Waals surface area (Å²) in [7, 11) is 0. The normalized spacial score (nSPS) is 27.1. The van der Waals surface area contributed by atoms with Crippen molar-refractivity contribution in [3.05, 3.63) is 12.3 Å². The van der Waals surface area contributed by atoms with Gasteiger partial charge in [0.25, 0.3) is 6.29 Å². The predicted molar refractivity (Wildman–Crippen MR) is 30.6 cm³/mol. The quantitative estimate of drug-likeness (QED) is 0.481. The van der Waals surface area contributed by atoms with Crippen molar-refractivity contribution in [3.8, 4) is 0 Å². The Balaban J connectivity index is 2.40. The first kappa shape index (κ1) is 6.29. The van der Waals surface area contributed by atoms with Crippen molar-refractivity contribution in [3.63, 3.8) is 0 Å². The Morgan fingerprint density at radius 1 is 1.78 bits per heavy atom. The lowest BCUT2D eigenvalue weighted by Gasteiger charge is -2.20. The molecule has 3 heteroatoms. The van der Waals surface area contributed by atoms with Crippen LogP contribution in [0.3, 0.4) is 0 Å². The molecule has 0 aromatic carbocycles. The third-order valence-electron chi connectivity index (χ3n) is 1.06. The number of carbonyl (C=O) groups is 1. The van der Waals surface area contributed by atoms with E-state index in [0.717, 1.165) is 0 Å². The lowest BCUT2D eigenvalue weighted by Crippen LogP contribution is -2.24. The summed E-state index contributed by atoms with van der Waals surface area (Å²) in [6.45, 7) is 4.08. The first-order valence-electron chi connectivity index (χ1n) is 2.74. The Kier molecular flexibility index (Phi) is 1.85. The Bertz CT molecular complexity index is 130. The zero-order valence-corrected chi connectivity index (χ0v) is 5.00. The molecule has 0 saturated carbocycles. The van der Waals surface area contributed by atoms with Crippen LogP contribution in [0, 0.1) is 0 Å². The molecule has 0 bridgehead atoms. The van der Waals surface area contributed by atoms with E-state index < -0.39 is 6.29 Å². The maximum atomic E-state index is 10.0. The van der Waals surface area contributed by atoms with Crippen LogP contribution in [0.25, 0.3) is 0 Å². The highest BCUT2D eigenvalue weighted by Crippen LogP contribution is 2.11. The topological polar surface area (TPSA) is 35.5 Å². The first-order chi connectivity index (χ1) is 4.33. The molecule has 1 fully saturated rings. The van der Waals surface area contributed by atoms with E-state index in [1.165, 1.54) is 0 Å². The van der Waals surface area contributed by atoms with Gasteiger partial charge in [0.15, 0.2) is 6.29 Å². The second-order valence-electron chi connectivity index (χ2n) is 1.78. The molecule has 0 aromatic heterocycles. The molecule has 3 nitrogen and oxygen atoms in total. The van der Waals surface area contributed by atoms with Crippen LogP contribution in [0.2, 0.25) is 0 Å². The van der Waals surface area contributed by atoms with Crippen LogP contribution in [-0.4, -0.2) is 19.2 Å². The average molecular weight is 128 g/mol. The van der Waals surface area contributed by atoms with Gasteiger partial charge in [0.05, 0.1) is 12.4 Å². The summed E-state index contributed by atoms with van der Waals surface area (Å²) in [5.41, 5.74) is 0. The first-order valence-corrected chi connectivity index (χ1v) is 2.74. The van der Waals surface area contributed by atoms with Crippen molar-refractivity contribution in [1.29, 1.82) is 0 Å². The molecule has 1 unspecified atom stereocenters. The van der Waals surface area contributed by atoms with Gasteiger partial charge in [-0.15, -0.1) is 0 Å². The molecule has 1 rings (SSSR count). The van der Waals surface area contributed by atoms with Crippen LogP contribution in [-0.2, 0) is 14.3 Å². The Morgan fingerprint density at radius 3 is 3.00 bits per heavy atom. The van der Waals surface area contributed by atoms with Gasteiger partial charge in [-0.1, -0.05) is 6.58 Å². The highest BCUT2D eigenvalue weighted by atomic mass is 16.7. The van der Waals surface area contributed by atoms with Gasteiger partial charge < -0.3 is 9.47 Å². The standard InChI is InChI=1S/C6H8O3/c1-5-2-3-8-6(4-7)9-5/h4,6H,1-3H2. The van der Waals surface area contributed by atoms with Gasteiger partial charge in [-0.25, -0.2) is 0 Å². The molecule has 1 aliphatic heterocycles. The minimum atomic E-state index is -0.716. The zero-order chi connectivity index (χ0) is 6.69. The van der Waals surface area contributed by atoms with Gasteiger partial charge in [0.2, 0.25) is 0 Å². The van der Waals surface area contributed by atoms with E-state index in [4.69, 9.17) is 9.47 Å². The Hall–Kier alpha value is -0.830. The molecule has 0 spiro atoms. The molecule has 9 heavy (non-hydrogen) atoms. The zero-order valence-electron chi connectivity index (χ0n) is 5.00. The molecule has 0 aliphatic carbocycles. The molecule has 1 saturated heterocycles. The van der Waals surface area contributed by atoms with Crippen LogP contribution < -0.4 is 0 Å². The number of carbonyl (C=O) groups excluding carboxylic acids is 1. The molecule has 0 amide bonds. The van der Waals surface area contributed by atoms with Crippen molar-refractivity contribution >= 4 is 6.29 Å². The van der Waals surface area contributed by atoms with Crippen molar-refractivity contribution in [1.82, 2.24) is 0 Å². The summed E-state index contributed by atoms with van der Waals surface area (Å²) in [5, 5.41) is 0. The van der Waals surface area contributed by atoms with Gasteiger partial charge in [-0.05, 0) is 0 Å². The number of hydrogen-bond donors (Lipinski definition) is 0. The van der Waals surface area contributed by atoms with E-state index in [9.17, 15) is 4.79 Å².